The molecule has 9 nitrogen and oxygen atoms in total. The number of carbonyl (C=O) groups excluding carboxylic acids is 1. The van der Waals surface area contributed by atoms with Gasteiger partial charge in [-0.15, -0.1) is 0 Å². The lowest BCUT2D eigenvalue weighted by Gasteiger charge is -2.36. The van der Waals surface area contributed by atoms with Crippen LogP contribution in [0.25, 0.3) is 11.3 Å². The number of carbonyl (C=O) groups is 1. The number of rotatable bonds is 14. The summed E-state index contributed by atoms with van der Waals surface area (Å²) in [4.78, 5) is 17.4. The van der Waals surface area contributed by atoms with E-state index >= 15 is 4.39 Å². The van der Waals surface area contributed by atoms with E-state index in [1.807, 2.05) is 0 Å². The predicted molar refractivity (Wildman–Crippen MR) is 195 cm³/mol. The Kier molecular flexibility index (Phi) is 13.1. The normalized spacial score (nSPS) is 12.5. The maximum Gasteiger partial charge on any atom is 0.419 e. The first-order valence-corrected chi connectivity index (χ1v) is 20.0. The fourth-order valence-electron chi connectivity index (χ4n) is 4.69. The molecule has 288 valence electrons. The molecule has 4 rings (SSSR count). The molecule has 2 heterocycles. The molecule has 0 N–H and O–H groups in total. The highest BCUT2D eigenvalue weighted by molar-refractivity contribution is 6.74. The number of nitrogens with zero attached hydrogens (tertiary/aromatic N) is 2. The van der Waals surface area contributed by atoms with Crippen molar-refractivity contribution in [3.63, 3.8) is 0 Å². The molecule has 0 aliphatic carbocycles. The number of hydrogen-bond donors (Lipinski definition) is 0. The molecule has 53 heavy (non-hydrogen) atoms. The fraction of sp³-hybridized carbons (Fsp3) is 0.436. The molecule has 0 fully saturated rings. The number of methoxy groups -OCH3 is 1. The molecular weight excluding hydrogens is 713 g/mol. The van der Waals surface area contributed by atoms with Gasteiger partial charge in [0.05, 0.1) is 43.8 Å². The van der Waals surface area contributed by atoms with Crippen molar-refractivity contribution in [1.29, 1.82) is 0 Å². The number of alkyl halides is 3. The van der Waals surface area contributed by atoms with Gasteiger partial charge in [0.25, 0.3) is 0 Å². The number of benzene rings is 2. The quantitative estimate of drug-likeness (QED) is 0.0713. The van der Waals surface area contributed by atoms with Gasteiger partial charge in [-0.3, -0.25) is 4.57 Å². The first-order valence-electron chi connectivity index (χ1n) is 17.1. The average molecular weight is 761 g/mol. The topological polar surface area (TPSA) is 90.3 Å². The Balaban J connectivity index is 1.54. The third-order valence-corrected chi connectivity index (χ3v) is 13.2. The number of ether oxygens (including phenoxy) is 5. The minimum atomic E-state index is -4.75. The number of pyridine rings is 1. The molecule has 0 saturated carbocycles. The van der Waals surface area contributed by atoms with Crippen molar-refractivity contribution in [2.24, 2.45) is 0 Å². The van der Waals surface area contributed by atoms with Gasteiger partial charge in [-0.25, -0.2) is 14.2 Å². The molecule has 0 aliphatic rings. The molecule has 0 atom stereocenters. The molecule has 0 saturated heterocycles. The summed E-state index contributed by atoms with van der Waals surface area (Å²) < 4.78 is 91.9. The highest BCUT2D eigenvalue weighted by Gasteiger charge is 2.37. The van der Waals surface area contributed by atoms with E-state index in [0.717, 1.165) is 16.2 Å². The van der Waals surface area contributed by atoms with Crippen LogP contribution in [0.5, 0.6) is 17.4 Å². The summed E-state index contributed by atoms with van der Waals surface area (Å²) >= 11 is 0. The van der Waals surface area contributed by atoms with Gasteiger partial charge in [0.2, 0.25) is 5.88 Å². The number of halogens is 4. The van der Waals surface area contributed by atoms with Crippen molar-refractivity contribution < 1.29 is 50.5 Å². The molecule has 0 radical (unpaired) electrons. The largest absolute Gasteiger partial charge is 0.497 e. The SMILES string of the molecule is COc1ccc(COc2cc(OCc3ccc(COCCO[Si](C)(C)C(C)(C)C)c(F)c3)ncc2-c2cc(C(F)(F)F)cn2C(=O)OC(C)(C)C)cc1. The summed E-state index contributed by atoms with van der Waals surface area (Å²) in [6.45, 7) is 16.4. The monoisotopic (exact) mass is 760 g/mol. The molecule has 0 amide bonds. The number of hydrogen-bond acceptors (Lipinski definition) is 8. The van der Waals surface area contributed by atoms with Gasteiger partial charge in [-0.2, -0.15) is 13.2 Å². The minimum absolute atomic E-state index is 0.0108. The van der Waals surface area contributed by atoms with E-state index in [9.17, 15) is 18.0 Å². The van der Waals surface area contributed by atoms with Crippen LogP contribution in [-0.2, 0) is 39.9 Å². The zero-order chi connectivity index (χ0) is 39.2. The van der Waals surface area contributed by atoms with Crippen molar-refractivity contribution >= 4 is 14.4 Å². The molecule has 14 heteroatoms. The maximum absolute atomic E-state index is 15.0. The second-order valence-electron chi connectivity index (χ2n) is 15.0. The van der Waals surface area contributed by atoms with Crippen molar-refractivity contribution in [1.82, 2.24) is 9.55 Å². The zero-order valence-electron chi connectivity index (χ0n) is 31.7. The minimum Gasteiger partial charge on any atom is -0.497 e. The summed E-state index contributed by atoms with van der Waals surface area (Å²) in [6, 6.07) is 13.9. The highest BCUT2D eigenvalue weighted by Crippen LogP contribution is 2.39. The smallest absolute Gasteiger partial charge is 0.419 e. The molecule has 0 unspecified atom stereocenters. The van der Waals surface area contributed by atoms with Crippen LogP contribution in [0.4, 0.5) is 22.4 Å². The Morgan fingerprint density at radius 3 is 2.11 bits per heavy atom. The zero-order valence-corrected chi connectivity index (χ0v) is 32.7. The van der Waals surface area contributed by atoms with Crippen LogP contribution in [-0.4, -0.2) is 49.9 Å². The van der Waals surface area contributed by atoms with Gasteiger partial charge < -0.3 is 28.1 Å². The molecule has 0 bridgehead atoms. The van der Waals surface area contributed by atoms with Crippen LogP contribution < -0.4 is 14.2 Å². The van der Waals surface area contributed by atoms with Crippen molar-refractivity contribution in [2.75, 3.05) is 20.3 Å². The summed E-state index contributed by atoms with van der Waals surface area (Å²) in [6.07, 6.45) is -3.84. The second-order valence-corrected chi connectivity index (χ2v) is 19.8. The van der Waals surface area contributed by atoms with Gasteiger partial charge in [0.1, 0.15) is 36.1 Å². The molecule has 0 aliphatic heterocycles. The standard InChI is InChI=1S/C39H48F4N2O7Si/c1-37(2,3)52-36(46)45-22-29(39(41,42)43)19-33(45)31-21-44-35(20-34(31)49-23-26-11-14-30(47-7)15-12-26)50-24-27-10-13-28(32(40)18-27)25-48-16-17-51-53(8,9)38(4,5)6/h10-15,18-22H,16-17,23-25H2,1-9H3. The second kappa shape index (κ2) is 16.7. The molecule has 0 spiro atoms. The molecule has 4 aromatic rings. The predicted octanol–water partition coefficient (Wildman–Crippen LogP) is 10.2. The number of aromatic nitrogens is 2. The van der Waals surface area contributed by atoms with Crippen LogP contribution in [0, 0.1) is 5.82 Å². The molecular formula is C39H48F4N2O7Si. The Hall–Kier alpha value is -4.40. The summed E-state index contributed by atoms with van der Waals surface area (Å²) in [5.74, 6) is 0.303. The first kappa shape index (κ1) is 41.4. The maximum atomic E-state index is 15.0. The van der Waals surface area contributed by atoms with Crippen molar-refractivity contribution in [3.8, 4) is 28.6 Å². The molecule has 2 aromatic heterocycles. The van der Waals surface area contributed by atoms with Crippen LogP contribution in [0.15, 0.2) is 67.0 Å². The van der Waals surface area contributed by atoms with Gasteiger partial charge in [0.15, 0.2) is 8.32 Å². The Morgan fingerprint density at radius 1 is 0.849 bits per heavy atom. The van der Waals surface area contributed by atoms with E-state index in [1.165, 1.54) is 25.4 Å². The van der Waals surface area contributed by atoms with E-state index in [4.69, 9.17) is 28.1 Å². The Labute approximate surface area is 309 Å². The van der Waals surface area contributed by atoms with Crippen LogP contribution >= 0.6 is 0 Å². The van der Waals surface area contributed by atoms with Crippen LogP contribution in [0.3, 0.4) is 0 Å². The fourth-order valence-corrected chi connectivity index (χ4v) is 5.72. The molecule has 2 aromatic carbocycles. The lowest BCUT2D eigenvalue weighted by Crippen LogP contribution is -2.41. The third-order valence-electron chi connectivity index (χ3n) is 8.67. The average Bonchev–Trinajstić information content (AvgIpc) is 3.53. The summed E-state index contributed by atoms with van der Waals surface area (Å²) in [5.41, 5.74) is -0.492. The Bertz CT molecular complexity index is 1850. The lowest BCUT2D eigenvalue weighted by atomic mass is 10.1. The summed E-state index contributed by atoms with van der Waals surface area (Å²) in [7, 11) is -0.366. The van der Waals surface area contributed by atoms with Crippen LogP contribution in [0.1, 0.15) is 63.8 Å². The summed E-state index contributed by atoms with van der Waals surface area (Å²) in [5, 5.41) is 0.0784. The third kappa shape index (κ3) is 11.5. The van der Waals surface area contributed by atoms with E-state index in [2.05, 4.69) is 38.8 Å². The van der Waals surface area contributed by atoms with E-state index in [-0.39, 0.29) is 47.7 Å². The lowest BCUT2D eigenvalue weighted by molar-refractivity contribution is -0.137. The Morgan fingerprint density at radius 2 is 1.51 bits per heavy atom. The highest BCUT2D eigenvalue weighted by atomic mass is 28.4. The van der Waals surface area contributed by atoms with Crippen molar-refractivity contribution in [2.45, 2.75) is 91.3 Å². The first-order chi connectivity index (χ1) is 24.7. The van der Waals surface area contributed by atoms with E-state index in [0.29, 0.717) is 36.3 Å². The van der Waals surface area contributed by atoms with Gasteiger partial charge in [0, 0.05) is 24.0 Å². The van der Waals surface area contributed by atoms with Crippen LogP contribution in [0.2, 0.25) is 18.1 Å². The van der Waals surface area contributed by atoms with Gasteiger partial charge in [-0.1, -0.05) is 45.0 Å². The van der Waals surface area contributed by atoms with E-state index < -0.39 is 37.6 Å². The van der Waals surface area contributed by atoms with Gasteiger partial charge >= 0.3 is 12.3 Å². The van der Waals surface area contributed by atoms with E-state index in [1.54, 1.807) is 57.2 Å². The van der Waals surface area contributed by atoms with Gasteiger partial charge in [-0.05, 0) is 74.3 Å². The van der Waals surface area contributed by atoms with Crippen molar-refractivity contribution in [3.05, 3.63) is 95.1 Å².